The minimum atomic E-state index is -4.60. The van der Waals surface area contributed by atoms with E-state index in [1.165, 1.54) is 23.5 Å². The van der Waals surface area contributed by atoms with Gasteiger partial charge in [0.15, 0.2) is 5.13 Å². The van der Waals surface area contributed by atoms with Crippen LogP contribution < -0.4 is 5.32 Å². The number of nitrogens with one attached hydrogen (secondary N) is 1. The largest absolute Gasteiger partial charge is 0.417 e. The van der Waals surface area contributed by atoms with Crippen LogP contribution in [0.3, 0.4) is 0 Å². The molecule has 0 saturated carbocycles. The molecule has 128 valence electrons. The highest BCUT2D eigenvalue weighted by Gasteiger charge is 2.35. The number of aromatic nitrogens is 1. The molecular weight excluding hydrogens is 349 g/mol. The molecule has 1 amide bonds. The second kappa shape index (κ2) is 6.68. The van der Waals surface area contributed by atoms with Crippen molar-refractivity contribution in [3.8, 4) is 11.3 Å². The molecule has 0 fully saturated rings. The maximum Gasteiger partial charge on any atom is 0.417 e. The van der Waals surface area contributed by atoms with Crippen LogP contribution in [-0.2, 0) is 6.18 Å². The summed E-state index contributed by atoms with van der Waals surface area (Å²) >= 11 is 1.22. The Morgan fingerprint density at radius 3 is 2.36 bits per heavy atom. The number of hydrogen-bond acceptors (Lipinski definition) is 3. The highest BCUT2D eigenvalue weighted by molar-refractivity contribution is 7.16. The third kappa shape index (κ3) is 3.71. The van der Waals surface area contributed by atoms with Crippen LogP contribution in [0.25, 0.3) is 11.3 Å². The first-order chi connectivity index (χ1) is 11.9. The van der Waals surface area contributed by atoms with Crippen LogP contribution in [0.15, 0.2) is 54.6 Å². The molecule has 7 heteroatoms. The molecule has 0 unspecified atom stereocenters. The summed E-state index contributed by atoms with van der Waals surface area (Å²) in [6.07, 6.45) is -4.60. The number of alkyl halides is 3. The SMILES string of the molecule is Cc1sc(NC(=O)c2ccccc2C(F)(F)F)nc1-c1ccccc1. The normalized spacial score (nSPS) is 11.4. The Hall–Kier alpha value is -2.67. The van der Waals surface area contributed by atoms with E-state index in [0.29, 0.717) is 5.69 Å². The average molecular weight is 362 g/mol. The summed E-state index contributed by atoms with van der Waals surface area (Å²) in [6, 6.07) is 14.1. The summed E-state index contributed by atoms with van der Waals surface area (Å²) in [7, 11) is 0. The predicted octanol–water partition coefficient (Wildman–Crippen LogP) is 5.39. The number of carbonyl (C=O) groups excluding carboxylic acids is 1. The number of thiazole rings is 1. The van der Waals surface area contributed by atoms with E-state index in [9.17, 15) is 18.0 Å². The Bertz CT molecular complexity index is 904. The van der Waals surface area contributed by atoms with Gasteiger partial charge in [-0.25, -0.2) is 4.98 Å². The molecule has 0 radical (unpaired) electrons. The van der Waals surface area contributed by atoms with Crippen LogP contribution in [0.2, 0.25) is 0 Å². The predicted molar refractivity (Wildman–Crippen MR) is 91.7 cm³/mol. The zero-order valence-corrected chi connectivity index (χ0v) is 13.9. The van der Waals surface area contributed by atoms with Crippen molar-refractivity contribution in [3.63, 3.8) is 0 Å². The van der Waals surface area contributed by atoms with E-state index >= 15 is 0 Å². The number of rotatable bonds is 3. The summed E-state index contributed by atoms with van der Waals surface area (Å²) in [5, 5.41) is 2.73. The van der Waals surface area contributed by atoms with E-state index in [1.807, 2.05) is 37.3 Å². The van der Waals surface area contributed by atoms with Crippen LogP contribution in [0, 0.1) is 6.92 Å². The Morgan fingerprint density at radius 1 is 1.04 bits per heavy atom. The standard InChI is InChI=1S/C18H13F3N2OS/c1-11-15(12-7-3-2-4-8-12)22-17(25-11)23-16(24)13-9-5-6-10-14(13)18(19,20)21/h2-10H,1H3,(H,22,23,24). The van der Waals surface area contributed by atoms with Crippen molar-refractivity contribution in [1.82, 2.24) is 4.98 Å². The fourth-order valence-electron chi connectivity index (χ4n) is 2.41. The second-order valence-corrected chi connectivity index (χ2v) is 6.49. The molecule has 3 aromatic rings. The molecule has 0 bridgehead atoms. The summed E-state index contributed by atoms with van der Waals surface area (Å²) in [4.78, 5) is 17.5. The van der Waals surface area contributed by atoms with Gasteiger partial charge in [-0.05, 0) is 19.1 Å². The number of amides is 1. The van der Waals surface area contributed by atoms with Crippen molar-refractivity contribution in [2.24, 2.45) is 0 Å². The lowest BCUT2D eigenvalue weighted by Crippen LogP contribution is -2.18. The summed E-state index contributed by atoms with van der Waals surface area (Å²) in [5.74, 6) is -0.832. The summed E-state index contributed by atoms with van der Waals surface area (Å²) in [6.45, 7) is 1.85. The van der Waals surface area contributed by atoms with Gasteiger partial charge in [0.25, 0.3) is 5.91 Å². The van der Waals surface area contributed by atoms with Gasteiger partial charge in [-0.2, -0.15) is 13.2 Å². The molecule has 0 saturated heterocycles. The van der Waals surface area contributed by atoms with Crippen molar-refractivity contribution in [2.75, 3.05) is 5.32 Å². The molecule has 1 heterocycles. The first-order valence-corrected chi connectivity index (χ1v) is 8.18. The molecule has 1 aromatic heterocycles. The highest BCUT2D eigenvalue weighted by atomic mass is 32.1. The Kier molecular flexibility index (Phi) is 4.59. The van der Waals surface area contributed by atoms with E-state index in [4.69, 9.17) is 0 Å². The van der Waals surface area contributed by atoms with Crippen LogP contribution in [0.5, 0.6) is 0 Å². The van der Waals surface area contributed by atoms with Crippen LogP contribution in [0.4, 0.5) is 18.3 Å². The lowest BCUT2D eigenvalue weighted by molar-refractivity contribution is -0.137. The number of halogens is 3. The first-order valence-electron chi connectivity index (χ1n) is 7.36. The van der Waals surface area contributed by atoms with E-state index < -0.39 is 23.2 Å². The lowest BCUT2D eigenvalue weighted by atomic mass is 10.1. The van der Waals surface area contributed by atoms with Gasteiger partial charge in [0, 0.05) is 10.4 Å². The van der Waals surface area contributed by atoms with Gasteiger partial charge in [0.2, 0.25) is 0 Å². The van der Waals surface area contributed by atoms with Crippen LogP contribution in [0.1, 0.15) is 20.8 Å². The zero-order valence-electron chi connectivity index (χ0n) is 13.1. The monoisotopic (exact) mass is 362 g/mol. The molecule has 3 rings (SSSR count). The minimum absolute atomic E-state index is 0.262. The molecule has 0 aliphatic rings. The molecule has 0 spiro atoms. The second-order valence-electron chi connectivity index (χ2n) is 5.29. The quantitative estimate of drug-likeness (QED) is 0.679. The van der Waals surface area contributed by atoms with Crippen molar-refractivity contribution < 1.29 is 18.0 Å². The van der Waals surface area contributed by atoms with Gasteiger partial charge in [-0.1, -0.05) is 42.5 Å². The van der Waals surface area contributed by atoms with Crippen molar-refractivity contribution in [1.29, 1.82) is 0 Å². The molecular formula is C18H13F3N2OS. The van der Waals surface area contributed by atoms with Gasteiger partial charge < -0.3 is 0 Å². The van der Waals surface area contributed by atoms with Crippen LogP contribution in [-0.4, -0.2) is 10.9 Å². The third-order valence-corrected chi connectivity index (χ3v) is 4.43. The van der Waals surface area contributed by atoms with E-state index in [0.717, 1.165) is 22.6 Å². The Balaban J connectivity index is 1.88. The van der Waals surface area contributed by atoms with E-state index in [2.05, 4.69) is 10.3 Å². The fraction of sp³-hybridized carbons (Fsp3) is 0.111. The maximum atomic E-state index is 13.0. The number of benzene rings is 2. The van der Waals surface area contributed by atoms with Crippen LogP contribution >= 0.6 is 11.3 Å². The number of aryl methyl sites for hydroxylation is 1. The minimum Gasteiger partial charge on any atom is -0.298 e. The summed E-state index contributed by atoms with van der Waals surface area (Å²) < 4.78 is 39.1. The molecule has 0 aliphatic heterocycles. The molecule has 2 aromatic carbocycles. The molecule has 25 heavy (non-hydrogen) atoms. The number of hydrogen-bond donors (Lipinski definition) is 1. The topological polar surface area (TPSA) is 42.0 Å². The van der Waals surface area contributed by atoms with Gasteiger partial charge in [0.1, 0.15) is 0 Å². The lowest BCUT2D eigenvalue weighted by Gasteiger charge is -2.11. The number of anilines is 1. The molecule has 0 atom stereocenters. The third-order valence-electron chi connectivity index (χ3n) is 3.54. The maximum absolute atomic E-state index is 13.0. The van der Waals surface area contributed by atoms with Crippen molar-refractivity contribution >= 4 is 22.4 Å². The average Bonchev–Trinajstić information content (AvgIpc) is 2.95. The van der Waals surface area contributed by atoms with E-state index in [1.54, 1.807) is 0 Å². The number of carbonyl (C=O) groups is 1. The fourth-order valence-corrected chi connectivity index (χ4v) is 3.24. The zero-order chi connectivity index (χ0) is 18.0. The highest BCUT2D eigenvalue weighted by Crippen LogP contribution is 2.33. The first kappa shape index (κ1) is 17.2. The van der Waals surface area contributed by atoms with Crippen molar-refractivity contribution in [3.05, 3.63) is 70.6 Å². The van der Waals surface area contributed by atoms with E-state index in [-0.39, 0.29) is 5.13 Å². The summed E-state index contributed by atoms with van der Waals surface area (Å²) in [5.41, 5.74) is 0.186. The molecule has 0 aliphatic carbocycles. The van der Waals surface area contributed by atoms with Gasteiger partial charge in [-0.15, -0.1) is 11.3 Å². The molecule has 3 nitrogen and oxygen atoms in total. The molecule has 1 N–H and O–H groups in total. The smallest absolute Gasteiger partial charge is 0.298 e. The van der Waals surface area contributed by atoms with Gasteiger partial charge in [-0.3, -0.25) is 10.1 Å². The Labute approximate surface area is 146 Å². The van der Waals surface area contributed by atoms with Gasteiger partial charge >= 0.3 is 6.18 Å². The van der Waals surface area contributed by atoms with Gasteiger partial charge in [0.05, 0.1) is 16.8 Å². The Morgan fingerprint density at radius 2 is 1.68 bits per heavy atom. The van der Waals surface area contributed by atoms with Crippen molar-refractivity contribution in [2.45, 2.75) is 13.1 Å². The number of nitrogens with zero attached hydrogens (tertiary/aromatic N) is 1.